The Morgan fingerprint density at radius 1 is 1.12 bits per heavy atom. The topological polar surface area (TPSA) is 77.1 Å². The van der Waals surface area contributed by atoms with Crippen LogP contribution in [0.15, 0.2) is 55.2 Å². The zero-order valence-corrected chi connectivity index (χ0v) is 13.0. The van der Waals surface area contributed by atoms with Gasteiger partial charge in [0.05, 0.1) is 22.9 Å². The van der Waals surface area contributed by atoms with Gasteiger partial charge in [0.25, 0.3) is 5.91 Å². The van der Waals surface area contributed by atoms with Crippen LogP contribution in [-0.2, 0) is 6.54 Å². The Bertz CT molecular complexity index is 1000. The van der Waals surface area contributed by atoms with Gasteiger partial charge in [-0.05, 0) is 30.7 Å². The Labute approximate surface area is 138 Å². The van der Waals surface area contributed by atoms with E-state index in [0.717, 1.165) is 29.6 Å². The molecule has 7 nitrogen and oxygen atoms in total. The van der Waals surface area contributed by atoms with Crippen LogP contribution in [0.3, 0.4) is 0 Å². The molecule has 4 rings (SSSR count). The molecule has 0 aliphatic rings. The third kappa shape index (κ3) is 2.71. The van der Waals surface area contributed by atoms with E-state index in [4.69, 9.17) is 0 Å². The van der Waals surface area contributed by atoms with Crippen LogP contribution in [0.5, 0.6) is 0 Å². The van der Waals surface area contributed by atoms with Gasteiger partial charge in [0, 0.05) is 19.3 Å². The lowest BCUT2D eigenvalue weighted by Crippen LogP contribution is -2.25. The predicted molar refractivity (Wildman–Crippen MR) is 89.7 cm³/mol. The number of nitrogens with one attached hydrogen (secondary N) is 1. The van der Waals surface area contributed by atoms with E-state index >= 15 is 0 Å². The number of aromatic nitrogens is 5. The van der Waals surface area contributed by atoms with Crippen molar-refractivity contribution in [2.75, 3.05) is 6.54 Å². The Hall–Kier alpha value is -3.22. The smallest absolute Gasteiger partial charge is 0.252 e. The number of hydrogen-bond acceptors (Lipinski definition) is 4. The molecule has 1 amide bonds. The summed E-state index contributed by atoms with van der Waals surface area (Å²) in [7, 11) is 0. The first kappa shape index (κ1) is 14.4. The molecule has 24 heavy (non-hydrogen) atoms. The van der Waals surface area contributed by atoms with Crippen molar-refractivity contribution in [3.63, 3.8) is 0 Å². The lowest BCUT2D eigenvalue weighted by molar-refractivity contribution is 0.0952. The fourth-order valence-corrected chi connectivity index (χ4v) is 2.70. The third-order valence-electron chi connectivity index (χ3n) is 3.94. The molecule has 4 aromatic rings. The monoisotopic (exact) mass is 320 g/mol. The van der Waals surface area contributed by atoms with E-state index in [2.05, 4.69) is 31.1 Å². The number of imidazole rings is 1. The molecular formula is C17H16N6O. The van der Waals surface area contributed by atoms with Crippen LogP contribution < -0.4 is 5.32 Å². The molecule has 1 aromatic carbocycles. The van der Waals surface area contributed by atoms with E-state index in [-0.39, 0.29) is 5.91 Å². The summed E-state index contributed by atoms with van der Waals surface area (Å²) in [6, 6.07) is 11.6. The number of amides is 1. The first-order chi connectivity index (χ1) is 11.8. The number of rotatable bonds is 5. The average Bonchev–Trinajstić information content (AvgIpc) is 3.24. The van der Waals surface area contributed by atoms with Gasteiger partial charge in [0.15, 0.2) is 5.65 Å². The van der Waals surface area contributed by atoms with Crippen molar-refractivity contribution in [2.45, 2.75) is 13.0 Å². The lowest BCUT2D eigenvalue weighted by atomic mass is 10.2. The van der Waals surface area contributed by atoms with Crippen molar-refractivity contribution in [1.29, 1.82) is 0 Å². The van der Waals surface area contributed by atoms with Gasteiger partial charge in [-0.2, -0.15) is 0 Å². The Morgan fingerprint density at radius 3 is 3.00 bits per heavy atom. The second-order valence-corrected chi connectivity index (χ2v) is 5.55. The average molecular weight is 320 g/mol. The second-order valence-electron chi connectivity index (χ2n) is 5.55. The molecule has 3 aromatic heterocycles. The maximum absolute atomic E-state index is 12.2. The summed E-state index contributed by atoms with van der Waals surface area (Å²) in [4.78, 5) is 16.6. The van der Waals surface area contributed by atoms with Gasteiger partial charge in [0.2, 0.25) is 0 Å². The quantitative estimate of drug-likeness (QED) is 0.570. The summed E-state index contributed by atoms with van der Waals surface area (Å²) in [5.74, 6) is -0.0962. The lowest BCUT2D eigenvalue weighted by Gasteiger charge is -2.07. The first-order valence-electron chi connectivity index (χ1n) is 7.79. The molecule has 7 heteroatoms. The number of fused-ring (bicyclic) bond motifs is 2. The van der Waals surface area contributed by atoms with E-state index in [0.29, 0.717) is 12.1 Å². The number of carbonyl (C=O) groups excluding carboxylic acids is 1. The van der Waals surface area contributed by atoms with Gasteiger partial charge in [-0.15, -0.1) is 10.2 Å². The molecule has 0 aliphatic heterocycles. The zero-order valence-electron chi connectivity index (χ0n) is 13.0. The highest BCUT2D eigenvalue weighted by molar-refractivity contribution is 5.94. The third-order valence-corrected chi connectivity index (χ3v) is 3.94. The predicted octanol–water partition coefficient (Wildman–Crippen LogP) is 1.90. The zero-order chi connectivity index (χ0) is 16.4. The summed E-state index contributed by atoms with van der Waals surface area (Å²) in [6.07, 6.45) is 5.98. The van der Waals surface area contributed by atoms with Crippen LogP contribution in [0, 0.1) is 0 Å². The standard InChI is InChI=1S/C17H16N6O/c24-17(13-6-7-16-21-20-12-23(16)10-13)18-8-3-9-22-11-19-14-4-1-2-5-15(14)22/h1-2,4-7,10-12H,3,8-9H2,(H,18,24). The van der Waals surface area contributed by atoms with E-state index in [9.17, 15) is 4.79 Å². The fourth-order valence-electron chi connectivity index (χ4n) is 2.70. The number of nitrogens with zero attached hydrogens (tertiary/aromatic N) is 5. The van der Waals surface area contributed by atoms with E-state index in [1.54, 1.807) is 29.1 Å². The van der Waals surface area contributed by atoms with E-state index in [1.165, 1.54) is 0 Å². The summed E-state index contributed by atoms with van der Waals surface area (Å²) in [6.45, 7) is 1.41. The molecule has 0 fully saturated rings. The first-order valence-corrected chi connectivity index (χ1v) is 7.79. The minimum Gasteiger partial charge on any atom is -0.352 e. The van der Waals surface area contributed by atoms with Crippen molar-refractivity contribution >= 4 is 22.6 Å². The van der Waals surface area contributed by atoms with Crippen LogP contribution in [0.25, 0.3) is 16.7 Å². The Morgan fingerprint density at radius 2 is 2.04 bits per heavy atom. The van der Waals surface area contributed by atoms with E-state index < -0.39 is 0 Å². The molecule has 0 saturated heterocycles. The largest absolute Gasteiger partial charge is 0.352 e. The second kappa shape index (κ2) is 6.11. The molecule has 0 bridgehead atoms. The van der Waals surface area contributed by atoms with Gasteiger partial charge in [0.1, 0.15) is 6.33 Å². The van der Waals surface area contributed by atoms with Crippen LogP contribution in [-0.4, -0.2) is 36.6 Å². The molecule has 0 saturated carbocycles. The summed E-state index contributed by atoms with van der Waals surface area (Å²) in [5, 5.41) is 10.7. The number of carbonyl (C=O) groups is 1. The van der Waals surface area contributed by atoms with E-state index in [1.807, 2.05) is 24.5 Å². The molecule has 1 N–H and O–H groups in total. The maximum atomic E-state index is 12.2. The van der Waals surface area contributed by atoms with Crippen LogP contribution in [0.1, 0.15) is 16.8 Å². The summed E-state index contributed by atoms with van der Waals surface area (Å²) < 4.78 is 3.83. The van der Waals surface area contributed by atoms with Gasteiger partial charge < -0.3 is 9.88 Å². The Kier molecular flexibility index (Phi) is 3.66. The van der Waals surface area contributed by atoms with Crippen LogP contribution >= 0.6 is 0 Å². The highest BCUT2D eigenvalue weighted by Crippen LogP contribution is 2.12. The van der Waals surface area contributed by atoms with Gasteiger partial charge in [-0.25, -0.2) is 4.98 Å². The normalized spacial score (nSPS) is 11.2. The SMILES string of the molecule is O=C(NCCCn1cnc2ccccc21)c1ccc2nncn2c1. The highest BCUT2D eigenvalue weighted by Gasteiger charge is 2.07. The van der Waals surface area contributed by atoms with Crippen LogP contribution in [0.4, 0.5) is 0 Å². The molecule has 0 atom stereocenters. The molecule has 0 unspecified atom stereocenters. The molecule has 0 radical (unpaired) electrons. The van der Waals surface area contributed by atoms with Gasteiger partial charge in [-0.1, -0.05) is 12.1 Å². The maximum Gasteiger partial charge on any atom is 0.252 e. The summed E-state index contributed by atoms with van der Waals surface area (Å²) >= 11 is 0. The van der Waals surface area contributed by atoms with Gasteiger partial charge in [-0.3, -0.25) is 9.20 Å². The Balaban J connectivity index is 1.34. The molecular weight excluding hydrogens is 304 g/mol. The molecule has 0 spiro atoms. The number of aryl methyl sites for hydroxylation is 1. The minimum atomic E-state index is -0.0962. The van der Waals surface area contributed by atoms with Crippen molar-refractivity contribution in [2.24, 2.45) is 0 Å². The number of hydrogen-bond donors (Lipinski definition) is 1. The minimum absolute atomic E-state index is 0.0962. The molecule has 0 aliphatic carbocycles. The molecule has 120 valence electrons. The highest BCUT2D eigenvalue weighted by atomic mass is 16.1. The van der Waals surface area contributed by atoms with Crippen molar-refractivity contribution in [3.8, 4) is 0 Å². The van der Waals surface area contributed by atoms with Crippen LogP contribution in [0.2, 0.25) is 0 Å². The van der Waals surface area contributed by atoms with Gasteiger partial charge >= 0.3 is 0 Å². The van der Waals surface area contributed by atoms with Crippen molar-refractivity contribution < 1.29 is 4.79 Å². The number of benzene rings is 1. The van der Waals surface area contributed by atoms with Crippen molar-refractivity contribution in [1.82, 2.24) is 29.5 Å². The fraction of sp³-hybridized carbons (Fsp3) is 0.176. The summed E-state index contributed by atoms with van der Waals surface area (Å²) in [5.41, 5.74) is 3.42. The molecule has 3 heterocycles. The number of pyridine rings is 1. The number of para-hydroxylation sites is 2. The van der Waals surface area contributed by atoms with Crippen molar-refractivity contribution in [3.05, 3.63) is 60.8 Å².